The fourth-order valence-corrected chi connectivity index (χ4v) is 2.03. The highest BCUT2D eigenvalue weighted by molar-refractivity contribution is 5.79. The number of rotatable bonds is 11. The number of quaternary nitrogens is 1. The van der Waals surface area contributed by atoms with Crippen LogP contribution in [0.15, 0.2) is 0 Å². The number of nitrogens with zero attached hydrogens (tertiary/aromatic N) is 1. The topological polar surface area (TPSA) is 80.7 Å². The largest absolute Gasteiger partial charge is 0.481 e. The first-order valence-electron chi connectivity index (χ1n) is 7.37. The summed E-state index contributed by atoms with van der Waals surface area (Å²) in [5, 5.41) is 8.86. The maximum Gasteiger partial charge on any atom is 0.307 e. The van der Waals surface area contributed by atoms with Gasteiger partial charge in [0.15, 0.2) is 6.10 Å². The second-order valence-electron chi connectivity index (χ2n) is 6.32. The molecule has 0 aromatic rings. The van der Waals surface area contributed by atoms with Crippen LogP contribution in [0, 0.1) is 0 Å². The molecule has 0 saturated heterocycles. The van der Waals surface area contributed by atoms with Gasteiger partial charge in [-0.05, 0) is 12.8 Å². The first-order chi connectivity index (χ1) is 9.64. The summed E-state index contributed by atoms with van der Waals surface area (Å²) in [7, 11) is 5.73. The summed E-state index contributed by atoms with van der Waals surface area (Å²) in [6.45, 7) is 2.38. The summed E-state index contributed by atoms with van der Waals surface area (Å²) in [6, 6.07) is 0. The molecule has 0 bridgehead atoms. The van der Waals surface area contributed by atoms with Crippen molar-refractivity contribution in [3.63, 3.8) is 0 Å². The van der Waals surface area contributed by atoms with E-state index in [9.17, 15) is 14.4 Å². The van der Waals surface area contributed by atoms with E-state index >= 15 is 0 Å². The fraction of sp³-hybridized carbons (Fsp3) is 0.800. The minimum Gasteiger partial charge on any atom is -0.481 e. The molecule has 0 heterocycles. The molecule has 1 unspecified atom stereocenters. The van der Waals surface area contributed by atoms with E-state index in [1.54, 1.807) is 0 Å². The van der Waals surface area contributed by atoms with Gasteiger partial charge in [-0.15, -0.1) is 0 Å². The van der Waals surface area contributed by atoms with Crippen LogP contribution in [0.5, 0.6) is 0 Å². The van der Waals surface area contributed by atoms with Crippen molar-refractivity contribution in [3.8, 4) is 0 Å². The van der Waals surface area contributed by atoms with Crippen LogP contribution in [0.2, 0.25) is 0 Å². The van der Waals surface area contributed by atoms with Gasteiger partial charge in [-0.2, -0.15) is 0 Å². The number of carboxylic acid groups (broad SMARTS) is 1. The van der Waals surface area contributed by atoms with E-state index in [-0.39, 0.29) is 18.6 Å². The molecule has 0 spiro atoms. The van der Waals surface area contributed by atoms with Crippen LogP contribution in [0.4, 0.5) is 0 Å². The van der Waals surface area contributed by atoms with E-state index < -0.39 is 18.0 Å². The molecular weight excluding hydrogens is 274 g/mol. The number of Topliss-reactive ketones (excluding diaryl/α,β-unsaturated/α-hetero) is 1. The number of ketones is 1. The second-order valence-corrected chi connectivity index (χ2v) is 6.32. The van der Waals surface area contributed by atoms with Crippen LogP contribution < -0.4 is 0 Å². The molecule has 6 nitrogen and oxygen atoms in total. The molecule has 122 valence electrons. The zero-order valence-corrected chi connectivity index (χ0v) is 13.6. The Morgan fingerprint density at radius 2 is 1.71 bits per heavy atom. The quantitative estimate of drug-likeness (QED) is 0.463. The standard InChI is InChI=1S/C15H27NO5/c1-5-7-12(17)8-6-9-15(20)21-13(10-14(18)19)11-16(2,3)4/h13H,5-11H2,1-4H3/p+1. The lowest BCUT2D eigenvalue weighted by Crippen LogP contribution is -2.43. The summed E-state index contributed by atoms with van der Waals surface area (Å²) < 4.78 is 5.75. The highest BCUT2D eigenvalue weighted by Gasteiger charge is 2.24. The molecule has 0 rings (SSSR count). The van der Waals surface area contributed by atoms with Gasteiger partial charge in [-0.25, -0.2) is 0 Å². The second kappa shape index (κ2) is 9.50. The molecule has 1 atom stereocenters. The molecule has 0 aliphatic heterocycles. The summed E-state index contributed by atoms with van der Waals surface area (Å²) >= 11 is 0. The van der Waals surface area contributed by atoms with Crippen molar-refractivity contribution < 1.29 is 28.7 Å². The Bertz CT molecular complexity index is 360. The minimum atomic E-state index is -0.987. The number of hydrogen-bond acceptors (Lipinski definition) is 4. The smallest absolute Gasteiger partial charge is 0.307 e. The molecule has 0 aliphatic carbocycles. The summed E-state index contributed by atoms with van der Waals surface area (Å²) in [5.74, 6) is -1.27. The number of carboxylic acids is 1. The van der Waals surface area contributed by atoms with E-state index in [2.05, 4.69) is 0 Å². The summed E-state index contributed by atoms with van der Waals surface area (Å²) in [5.41, 5.74) is 0. The van der Waals surface area contributed by atoms with Crippen molar-refractivity contribution in [3.05, 3.63) is 0 Å². The highest BCUT2D eigenvalue weighted by Crippen LogP contribution is 2.09. The summed E-state index contributed by atoms with van der Waals surface area (Å²) in [4.78, 5) is 33.9. The number of hydrogen-bond donors (Lipinski definition) is 1. The van der Waals surface area contributed by atoms with Gasteiger partial charge < -0.3 is 14.3 Å². The lowest BCUT2D eigenvalue weighted by atomic mass is 10.1. The number of carbonyl (C=O) groups excluding carboxylic acids is 2. The Kier molecular flexibility index (Phi) is 8.85. The molecule has 0 aromatic carbocycles. The van der Waals surface area contributed by atoms with Gasteiger partial charge in [0.25, 0.3) is 0 Å². The van der Waals surface area contributed by atoms with Gasteiger partial charge >= 0.3 is 11.9 Å². The number of likely N-dealkylation sites (N-methyl/N-ethyl adjacent to an activating group) is 1. The predicted octanol–water partition coefficient (Wildman–Crippen LogP) is 1.62. The Hall–Kier alpha value is -1.43. The SMILES string of the molecule is CCCC(=O)CCCC(=O)OC(CC(=O)O)C[N+](C)(C)C. The normalized spacial score (nSPS) is 12.8. The van der Waals surface area contributed by atoms with Crippen LogP contribution >= 0.6 is 0 Å². The molecule has 21 heavy (non-hydrogen) atoms. The monoisotopic (exact) mass is 302 g/mol. The van der Waals surface area contributed by atoms with Gasteiger partial charge in [0, 0.05) is 19.3 Å². The van der Waals surface area contributed by atoms with Gasteiger partial charge in [-0.3, -0.25) is 14.4 Å². The van der Waals surface area contributed by atoms with Crippen LogP contribution in [0.3, 0.4) is 0 Å². The van der Waals surface area contributed by atoms with Crippen molar-refractivity contribution >= 4 is 17.7 Å². The first-order valence-corrected chi connectivity index (χ1v) is 7.37. The molecule has 1 N–H and O–H groups in total. The van der Waals surface area contributed by atoms with Crippen LogP contribution in [0.25, 0.3) is 0 Å². The first kappa shape index (κ1) is 19.6. The minimum absolute atomic E-state index is 0.152. The van der Waals surface area contributed by atoms with Crippen LogP contribution in [-0.2, 0) is 19.1 Å². The number of esters is 1. The molecular formula is C15H28NO5+. The van der Waals surface area contributed by atoms with Crippen molar-refractivity contribution in [1.82, 2.24) is 0 Å². The predicted molar refractivity (Wildman–Crippen MR) is 78.8 cm³/mol. The molecule has 0 fully saturated rings. The Morgan fingerprint density at radius 3 is 2.19 bits per heavy atom. The lowest BCUT2D eigenvalue weighted by Gasteiger charge is -2.28. The molecule has 6 heteroatoms. The van der Waals surface area contributed by atoms with Crippen molar-refractivity contribution in [2.24, 2.45) is 0 Å². The maximum absolute atomic E-state index is 11.7. The van der Waals surface area contributed by atoms with E-state index in [1.807, 2.05) is 28.1 Å². The van der Waals surface area contributed by atoms with Gasteiger partial charge in [0.05, 0.1) is 27.6 Å². The van der Waals surface area contributed by atoms with Gasteiger partial charge in [0.2, 0.25) is 0 Å². The highest BCUT2D eigenvalue weighted by atomic mass is 16.5. The Labute approximate surface area is 126 Å². The van der Waals surface area contributed by atoms with Crippen molar-refractivity contribution in [2.75, 3.05) is 27.7 Å². The number of ether oxygens (including phenoxy) is 1. The van der Waals surface area contributed by atoms with Crippen molar-refractivity contribution in [1.29, 1.82) is 0 Å². The number of aliphatic carboxylic acids is 1. The Morgan fingerprint density at radius 1 is 1.10 bits per heavy atom. The zero-order valence-electron chi connectivity index (χ0n) is 13.6. The Balaban J connectivity index is 4.21. The average Bonchev–Trinajstić information content (AvgIpc) is 2.25. The van der Waals surface area contributed by atoms with Crippen LogP contribution in [0.1, 0.15) is 45.4 Å². The van der Waals surface area contributed by atoms with E-state index in [4.69, 9.17) is 9.84 Å². The van der Waals surface area contributed by atoms with E-state index in [1.165, 1.54) is 0 Å². The third-order valence-electron chi connectivity index (χ3n) is 2.82. The van der Waals surface area contributed by atoms with Crippen LogP contribution in [-0.4, -0.2) is 61.1 Å². The average molecular weight is 302 g/mol. The molecule has 0 aromatic heterocycles. The van der Waals surface area contributed by atoms with Gasteiger partial charge in [-0.1, -0.05) is 6.92 Å². The lowest BCUT2D eigenvalue weighted by molar-refractivity contribution is -0.873. The van der Waals surface area contributed by atoms with E-state index in [0.717, 1.165) is 6.42 Å². The molecule has 0 amide bonds. The van der Waals surface area contributed by atoms with Crippen molar-refractivity contribution in [2.45, 2.75) is 51.6 Å². The van der Waals surface area contributed by atoms with Gasteiger partial charge in [0.1, 0.15) is 12.3 Å². The maximum atomic E-state index is 11.7. The fourth-order valence-electron chi connectivity index (χ4n) is 2.03. The molecule has 0 radical (unpaired) electrons. The third kappa shape index (κ3) is 12.1. The zero-order chi connectivity index (χ0) is 16.5. The summed E-state index contributed by atoms with van der Waals surface area (Å²) in [6.07, 6.45) is 1.51. The van der Waals surface area contributed by atoms with E-state index in [0.29, 0.717) is 30.3 Å². The molecule has 0 saturated carbocycles. The third-order valence-corrected chi connectivity index (χ3v) is 2.82. The number of carbonyl (C=O) groups is 3. The molecule has 0 aliphatic rings.